The molecule has 1 amide bonds. The number of hydrogen-bond donors (Lipinski definition) is 2. The third-order valence-electron chi connectivity index (χ3n) is 7.10. The van der Waals surface area contributed by atoms with Gasteiger partial charge in [-0.1, -0.05) is 29.4 Å². The third-order valence-corrected chi connectivity index (χ3v) is 8.28. The highest BCUT2D eigenvalue weighted by atomic mass is 35.5. The van der Waals surface area contributed by atoms with Crippen LogP contribution in [-0.4, -0.2) is 38.9 Å². The Morgan fingerprint density at radius 2 is 2.14 bits per heavy atom. The number of oxazole rings is 1. The summed E-state index contributed by atoms with van der Waals surface area (Å²) in [5.41, 5.74) is 8.95. The number of nitrogens with zero attached hydrogens (tertiary/aromatic N) is 3. The van der Waals surface area contributed by atoms with Gasteiger partial charge in [-0.15, -0.1) is 0 Å². The number of amides is 1. The van der Waals surface area contributed by atoms with Crippen LogP contribution >= 0.6 is 23.4 Å². The average Bonchev–Trinajstić information content (AvgIpc) is 3.46. The lowest BCUT2D eigenvalue weighted by atomic mass is 9.67. The summed E-state index contributed by atoms with van der Waals surface area (Å²) in [6.07, 6.45) is 7.16. The highest BCUT2D eigenvalue weighted by Gasteiger charge is 2.54. The second-order valence-corrected chi connectivity index (χ2v) is 10.7. The maximum absolute atomic E-state index is 12.7. The molecule has 3 aliphatic rings. The molecule has 3 N–H and O–H groups in total. The van der Waals surface area contributed by atoms with E-state index in [-0.39, 0.29) is 24.0 Å². The fourth-order valence-corrected chi connectivity index (χ4v) is 6.70. The summed E-state index contributed by atoms with van der Waals surface area (Å²) in [7, 11) is 0. The molecule has 2 aliphatic heterocycles. The van der Waals surface area contributed by atoms with E-state index in [0.29, 0.717) is 21.8 Å². The number of amidine groups is 1. The predicted molar refractivity (Wildman–Crippen MR) is 135 cm³/mol. The summed E-state index contributed by atoms with van der Waals surface area (Å²) in [5, 5.41) is 4.30. The summed E-state index contributed by atoms with van der Waals surface area (Å²) < 4.78 is 11.7. The lowest BCUT2D eigenvalue weighted by molar-refractivity contribution is 0.0156. The van der Waals surface area contributed by atoms with Gasteiger partial charge in [-0.3, -0.25) is 9.78 Å². The molecular formula is C25H24ClN5O3S. The molecule has 3 aromatic rings. The number of aromatic nitrogens is 2. The minimum Gasteiger partial charge on any atom is -0.490 e. The number of aliphatic imine (C=N–C) groups is 1. The number of nitrogens with one attached hydrogen (secondary N) is 1. The van der Waals surface area contributed by atoms with E-state index in [1.165, 1.54) is 6.26 Å². The molecule has 0 bridgehead atoms. The van der Waals surface area contributed by atoms with Gasteiger partial charge in [0.15, 0.2) is 16.8 Å². The summed E-state index contributed by atoms with van der Waals surface area (Å²) in [5.74, 6) is 1.88. The number of aryl methyl sites for hydroxylation is 1. The van der Waals surface area contributed by atoms with Crippen LogP contribution in [0.3, 0.4) is 0 Å². The van der Waals surface area contributed by atoms with Crippen molar-refractivity contribution in [3.8, 4) is 16.9 Å². The molecule has 0 radical (unpaired) electrons. The first-order valence-corrected chi connectivity index (χ1v) is 12.9. The molecule has 180 valence electrons. The SMILES string of the molecule is Cc1nc(C(=O)NC2CC[C@@H]3Oc4ccc(-c5cncc(Cl)c5)cc4C4(CSC(N)=N4)[C@H]3C2)co1. The molecule has 2 aromatic heterocycles. The zero-order valence-corrected chi connectivity index (χ0v) is 20.6. The summed E-state index contributed by atoms with van der Waals surface area (Å²) in [6.45, 7) is 1.72. The smallest absolute Gasteiger partial charge is 0.273 e. The van der Waals surface area contributed by atoms with Gasteiger partial charge >= 0.3 is 0 Å². The molecule has 8 nitrogen and oxygen atoms in total. The van der Waals surface area contributed by atoms with Gasteiger partial charge in [0, 0.05) is 48.2 Å². The minimum atomic E-state index is -0.525. The van der Waals surface area contributed by atoms with Crippen LogP contribution in [-0.2, 0) is 5.54 Å². The van der Waals surface area contributed by atoms with E-state index in [1.807, 2.05) is 18.2 Å². The van der Waals surface area contributed by atoms with Gasteiger partial charge in [0.1, 0.15) is 23.7 Å². The van der Waals surface area contributed by atoms with E-state index in [9.17, 15) is 4.79 Å². The van der Waals surface area contributed by atoms with Gasteiger partial charge in [0.25, 0.3) is 5.91 Å². The van der Waals surface area contributed by atoms with E-state index in [2.05, 4.69) is 21.4 Å². The van der Waals surface area contributed by atoms with Crippen LogP contribution in [0.25, 0.3) is 11.1 Å². The lowest BCUT2D eigenvalue weighted by Crippen LogP contribution is -2.54. The number of carbonyl (C=O) groups is 1. The van der Waals surface area contributed by atoms with Gasteiger partial charge in [0.2, 0.25) is 0 Å². The predicted octanol–water partition coefficient (Wildman–Crippen LogP) is 4.31. The number of carbonyl (C=O) groups excluding carboxylic acids is 1. The highest BCUT2D eigenvalue weighted by molar-refractivity contribution is 8.14. The minimum absolute atomic E-state index is 0.00103. The Bertz CT molecular complexity index is 1340. The number of halogens is 1. The number of benzene rings is 1. The monoisotopic (exact) mass is 509 g/mol. The molecule has 4 heterocycles. The third kappa shape index (κ3) is 3.96. The van der Waals surface area contributed by atoms with Crippen molar-refractivity contribution in [1.29, 1.82) is 0 Å². The molecule has 2 unspecified atom stereocenters. The van der Waals surface area contributed by atoms with Gasteiger partial charge in [-0.2, -0.15) is 0 Å². The first-order valence-electron chi connectivity index (χ1n) is 11.5. The normalized spacial score (nSPS) is 27.0. The molecule has 1 fully saturated rings. The van der Waals surface area contributed by atoms with Crippen LogP contribution in [0, 0.1) is 12.8 Å². The lowest BCUT2D eigenvalue weighted by Gasteiger charge is -2.48. The largest absolute Gasteiger partial charge is 0.490 e. The van der Waals surface area contributed by atoms with Crippen molar-refractivity contribution >= 4 is 34.4 Å². The Balaban J connectivity index is 1.34. The van der Waals surface area contributed by atoms with Crippen molar-refractivity contribution < 1.29 is 13.9 Å². The maximum Gasteiger partial charge on any atom is 0.273 e. The zero-order valence-electron chi connectivity index (χ0n) is 19.0. The number of nitrogens with two attached hydrogens (primary N) is 1. The number of hydrogen-bond acceptors (Lipinski definition) is 8. The molecule has 1 spiro atoms. The second kappa shape index (κ2) is 8.57. The summed E-state index contributed by atoms with van der Waals surface area (Å²) in [4.78, 5) is 26.2. The van der Waals surface area contributed by atoms with Crippen LogP contribution in [0.15, 0.2) is 52.3 Å². The molecular weight excluding hydrogens is 486 g/mol. The number of ether oxygens (including phenoxy) is 1. The van der Waals surface area contributed by atoms with Crippen molar-refractivity contribution in [2.45, 2.75) is 43.9 Å². The zero-order chi connectivity index (χ0) is 24.2. The van der Waals surface area contributed by atoms with E-state index >= 15 is 0 Å². The first kappa shape index (κ1) is 22.4. The molecule has 1 aromatic carbocycles. The topological polar surface area (TPSA) is 116 Å². The molecule has 10 heteroatoms. The van der Waals surface area contributed by atoms with E-state index in [4.69, 9.17) is 31.5 Å². The number of pyridine rings is 1. The first-order chi connectivity index (χ1) is 16.9. The molecule has 4 atom stereocenters. The van der Waals surface area contributed by atoms with Crippen LogP contribution in [0.4, 0.5) is 0 Å². The highest BCUT2D eigenvalue weighted by Crippen LogP contribution is 2.54. The quantitative estimate of drug-likeness (QED) is 0.540. The van der Waals surface area contributed by atoms with Crippen LogP contribution < -0.4 is 15.8 Å². The average molecular weight is 510 g/mol. The van der Waals surface area contributed by atoms with Crippen molar-refractivity contribution in [2.24, 2.45) is 16.6 Å². The number of fused-ring (bicyclic) bond motifs is 4. The van der Waals surface area contributed by atoms with Crippen LogP contribution in [0.2, 0.25) is 5.02 Å². The Kier molecular flexibility index (Phi) is 5.49. The van der Waals surface area contributed by atoms with Gasteiger partial charge in [0.05, 0.1) is 5.02 Å². The summed E-state index contributed by atoms with van der Waals surface area (Å²) in [6, 6.07) is 8.04. The Morgan fingerprint density at radius 1 is 1.26 bits per heavy atom. The van der Waals surface area contributed by atoms with Crippen molar-refractivity contribution in [1.82, 2.24) is 15.3 Å². The molecule has 1 aliphatic carbocycles. The molecule has 1 saturated carbocycles. The summed E-state index contributed by atoms with van der Waals surface area (Å²) >= 11 is 7.77. The second-order valence-electron chi connectivity index (χ2n) is 9.26. The fourth-order valence-electron chi connectivity index (χ4n) is 5.50. The van der Waals surface area contributed by atoms with Gasteiger partial charge in [-0.05, 0) is 43.0 Å². The van der Waals surface area contributed by atoms with E-state index in [0.717, 1.165) is 47.5 Å². The van der Waals surface area contributed by atoms with Gasteiger partial charge < -0.3 is 20.2 Å². The Labute approximate surface area is 211 Å². The molecule has 6 rings (SSSR count). The van der Waals surface area contributed by atoms with Crippen LogP contribution in [0.1, 0.15) is 41.2 Å². The Hall–Kier alpha value is -3.04. The van der Waals surface area contributed by atoms with E-state index < -0.39 is 5.54 Å². The van der Waals surface area contributed by atoms with Crippen LogP contribution in [0.5, 0.6) is 5.75 Å². The van der Waals surface area contributed by atoms with Crippen molar-refractivity contribution in [3.63, 3.8) is 0 Å². The number of rotatable bonds is 3. The van der Waals surface area contributed by atoms with E-state index in [1.54, 1.807) is 31.1 Å². The standard InChI is InChI=1S/C25H24ClN5O3S/c1-13-29-20(11-33-13)23(32)30-17-3-5-22-19(8-17)25(12-35-24(27)31-25)18-7-14(2-4-21(18)34-22)15-6-16(26)10-28-9-15/h2,4,6-7,9-11,17,19,22H,3,5,8,12H2,1H3,(H2,27,31)(H,30,32)/t17?,19-,22-,25?/m0/s1. The van der Waals surface area contributed by atoms with Crippen molar-refractivity contribution in [3.05, 3.63) is 65.1 Å². The number of thioether (sulfide) groups is 1. The fraction of sp³-hybridized carbons (Fsp3) is 0.360. The molecule has 0 saturated heterocycles. The molecule has 35 heavy (non-hydrogen) atoms. The Morgan fingerprint density at radius 3 is 2.89 bits per heavy atom. The maximum atomic E-state index is 12.7. The van der Waals surface area contributed by atoms with Gasteiger partial charge in [-0.25, -0.2) is 9.98 Å². The van der Waals surface area contributed by atoms with Crippen molar-refractivity contribution in [2.75, 3.05) is 5.75 Å².